The molecule has 1 aliphatic heterocycles. The predicted octanol–water partition coefficient (Wildman–Crippen LogP) is 2.12. The van der Waals surface area contributed by atoms with Crippen LogP contribution >= 0.6 is 11.5 Å². The van der Waals surface area contributed by atoms with Crippen molar-refractivity contribution >= 4 is 11.5 Å². The van der Waals surface area contributed by atoms with Crippen LogP contribution in [0.4, 0.5) is 0 Å². The Kier molecular flexibility index (Phi) is 4.63. The lowest BCUT2D eigenvalue weighted by atomic mass is 9.94. The maximum atomic E-state index is 11.5. The van der Waals surface area contributed by atoms with E-state index in [0.717, 1.165) is 43.9 Å². The highest BCUT2D eigenvalue weighted by molar-refractivity contribution is 7.05. The van der Waals surface area contributed by atoms with E-state index in [0.29, 0.717) is 11.8 Å². The molecule has 1 aliphatic rings. The van der Waals surface area contributed by atoms with Gasteiger partial charge in [0.05, 0.1) is 22.6 Å². The van der Waals surface area contributed by atoms with Gasteiger partial charge in [0.15, 0.2) is 0 Å². The van der Waals surface area contributed by atoms with Gasteiger partial charge >= 0.3 is 0 Å². The summed E-state index contributed by atoms with van der Waals surface area (Å²) >= 11 is 1.50. The highest BCUT2D eigenvalue weighted by atomic mass is 32.1. The van der Waals surface area contributed by atoms with Crippen LogP contribution in [-0.2, 0) is 6.54 Å². The van der Waals surface area contributed by atoms with Crippen molar-refractivity contribution < 1.29 is 0 Å². The van der Waals surface area contributed by atoms with E-state index < -0.39 is 0 Å². The maximum absolute atomic E-state index is 11.5. The van der Waals surface area contributed by atoms with Crippen molar-refractivity contribution in [3.05, 3.63) is 39.0 Å². The Morgan fingerprint density at radius 3 is 3.14 bits per heavy atom. The summed E-state index contributed by atoms with van der Waals surface area (Å²) in [5.74, 6) is 0.739. The maximum Gasteiger partial charge on any atom is 0.250 e. The van der Waals surface area contributed by atoms with Gasteiger partial charge in [0.2, 0.25) is 0 Å². The molecular weight excluding hydrogens is 298 g/mol. The molecule has 1 atom stereocenters. The smallest absolute Gasteiger partial charge is 0.250 e. The average Bonchev–Trinajstić information content (AvgIpc) is 2.96. The zero-order chi connectivity index (χ0) is 15.5. The van der Waals surface area contributed by atoms with Crippen LogP contribution in [0.25, 0.3) is 0 Å². The SMILES string of the molecule is CC(C)c1nnsc1CN1CCC[C@H](c2cc(=O)[nH]cn2)C1. The second-order valence-electron chi connectivity index (χ2n) is 6.15. The van der Waals surface area contributed by atoms with Gasteiger partial charge < -0.3 is 4.98 Å². The van der Waals surface area contributed by atoms with Crippen molar-refractivity contribution in [2.24, 2.45) is 0 Å². The van der Waals surface area contributed by atoms with Crippen molar-refractivity contribution in [2.45, 2.75) is 45.1 Å². The number of nitrogens with one attached hydrogen (secondary N) is 1. The summed E-state index contributed by atoms with van der Waals surface area (Å²) in [5, 5.41) is 4.25. The molecular formula is C15H21N5OS. The number of nitrogens with zero attached hydrogens (tertiary/aromatic N) is 4. The molecule has 0 aliphatic carbocycles. The van der Waals surface area contributed by atoms with E-state index in [4.69, 9.17) is 0 Å². The Hall–Kier alpha value is -1.60. The molecule has 2 aromatic rings. The first-order chi connectivity index (χ1) is 10.6. The molecule has 1 N–H and O–H groups in total. The third kappa shape index (κ3) is 3.41. The van der Waals surface area contributed by atoms with Crippen LogP contribution in [0.2, 0.25) is 0 Å². The summed E-state index contributed by atoms with van der Waals surface area (Å²) in [4.78, 5) is 22.1. The molecule has 6 nitrogen and oxygen atoms in total. The molecule has 0 spiro atoms. The van der Waals surface area contributed by atoms with Gasteiger partial charge in [-0.05, 0) is 36.8 Å². The van der Waals surface area contributed by atoms with Gasteiger partial charge in [-0.3, -0.25) is 9.69 Å². The average molecular weight is 319 g/mol. The minimum absolute atomic E-state index is 0.0733. The molecule has 0 bridgehead atoms. The molecule has 0 amide bonds. The normalized spacial score (nSPS) is 19.7. The third-order valence-corrected chi connectivity index (χ3v) is 4.84. The molecule has 1 fully saturated rings. The Bertz CT molecular complexity index is 680. The number of likely N-dealkylation sites (tertiary alicyclic amines) is 1. The molecule has 118 valence electrons. The highest BCUT2D eigenvalue weighted by Crippen LogP contribution is 2.28. The van der Waals surface area contributed by atoms with Crippen molar-refractivity contribution in [1.82, 2.24) is 24.5 Å². The zero-order valence-corrected chi connectivity index (χ0v) is 13.8. The van der Waals surface area contributed by atoms with Gasteiger partial charge in [-0.1, -0.05) is 18.3 Å². The van der Waals surface area contributed by atoms with Gasteiger partial charge in [-0.25, -0.2) is 4.98 Å². The van der Waals surface area contributed by atoms with E-state index in [9.17, 15) is 4.79 Å². The molecule has 0 radical (unpaired) electrons. The van der Waals surface area contributed by atoms with Crippen molar-refractivity contribution in [3.63, 3.8) is 0 Å². The number of rotatable bonds is 4. The minimum Gasteiger partial charge on any atom is -0.313 e. The number of H-pyrrole nitrogens is 1. The first-order valence-electron chi connectivity index (χ1n) is 7.71. The number of aromatic nitrogens is 4. The Morgan fingerprint density at radius 2 is 2.36 bits per heavy atom. The quantitative estimate of drug-likeness (QED) is 0.934. The second-order valence-corrected chi connectivity index (χ2v) is 6.98. The van der Waals surface area contributed by atoms with Crippen LogP contribution in [0.3, 0.4) is 0 Å². The summed E-state index contributed by atoms with van der Waals surface area (Å²) < 4.78 is 4.10. The lowest BCUT2D eigenvalue weighted by Crippen LogP contribution is -2.34. The summed E-state index contributed by atoms with van der Waals surface area (Å²) in [7, 11) is 0. The van der Waals surface area contributed by atoms with Crippen molar-refractivity contribution in [2.75, 3.05) is 13.1 Å². The Morgan fingerprint density at radius 1 is 1.50 bits per heavy atom. The van der Waals surface area contributed by atoms with Crippen LogP contribution in [0.15, 0.2) is 17.2 Å². The zero-order valence-electron chi connectivity index (χ0n) is 13.0. The van der Waals surface area contributed by atoms with Gasteiger partial charge in [-0.15, -0.1) is 5.10 Å². The lowest BCUT2D eigenvalue weighted by molar-refractivity contribution is 0.199. The van der Waals surface area contributed by atoms with Crippen molar-refractivity contribution in [3.8, 4) is 0 Å². The molecule has 0 unspecified atom stereocenters. The topological polar surface area (TPSA) is 74.8 Å². The van der Waals surface area contributed by atoms with Crippen LogP contribution in [0, 0.1) is 0 Å². The molecule has 0 saturated carbocycles. The van der Waals surface area contributed by atoms with E-state index in [1.54, 1.807) is 6.07 Å². The van der Waals surface area contributed by atoms with Crippen LogP contribution < -0.4 is 5.56 Å². The molecule has 2 aromatic heterocycles. The lowest BCUT2D eigenvalue weighted by Gasteiger charge is -2.32. The number of hydrogen-bond donors (Lipinski definition) is 1. The standard InChI is InChI=1S/C15H21N5OS/c1-10(2)15-13(22-19-18-15)8-20-5-3-4-11(7-20)12-6-14(21)17-9-16-12/h6,9-11H,3-5,7-8H2,1-2H3,(H,16,17,21)/t11-/m0/s1. The van der Waals surface area contributed by atoms with E-state index in [1.165, 1.54) is 22.7 Å². The minimum atomic E-state index is -0.0733. The fraction of sp³-hybridized carbons (Fsp3) is 0.600. The van der Waals surface area contributed by atoms with E-state index in [2.05, 4.69) is 38.3 Å². The van der Waals surface area contributed by atoms with Crippen LogP contribution in [0.1, 0.15) is 54.8 Å². The molecule has 22 heavy (non-hydrogen) atoms. The van der Waals surface area contributed by atoms with Crippen molar-refractivity contribution in [1.29, 1.82) is 0 Å². The van der Waals surface area contributed by atoms with E-state index in [1.807, 2.05) is 0 Å². The summed E-state index contributed by atoms with van der Waals surface area (Å²) in [6.07, 6.45) is 3.72. The van der Waals surface area contributed by atoms with Gasteiger partial charge in [0.25, 0.3) is 5.56 Å². The van der Waals surface area contributed by atoms with Gasteiger partial charge in [0.1, 0.15) is 0 Å². The van der Waals surface area contributed by atoms with Crippen LogP contribution in [-0.4, -0.2) is 37.5 Å². The van der Waals surface area contributed by atoms with Gasteiger partial charge in [0, 0.05) is 25.1 Å². The Labute approximate surface area is 133 Å². The fourth-order valence-corrected chi connectivity index (χ4v) is 3.85. The first-order valence-corrected chi connectivity index (χ1v) is 8.49. The molecule has 1 saturated heterocycles. The Balaban J connectivity index is 1.71. The second kappa shape index (κ2) is 6.66. The number of piperidine rings is 1. The monoisotopic (exact) mass is 319 g/mol. The summed E-state index contributed by atoms with van der Waals surface area (Å²) in [5.41, 5.74) is 1.94. The molecule has 3 rings (SSSR count). The molecule has 3 heterocycles. The first kappa shape index (κ1) is 15.3. The summed E-state index contributed by atoms with van der Waals surface area (Å²) in [6.45, 7) is 7.21. The van der Waals surface area contributed by atoms with Crippen LogP contribution in [0.5, 0.6) is 0 Å². The van der Waals surface area contributed by atoms with E-state index >= 15 is 0 Å². The van der Waals surface area contributed by atoms with E-state index in [-0.39, 0.29) is 5.56 Å². The summed E-state index contributed by atoms with van der Waals surface area (Å²) in [6, 6.07) is 1.63. The third-order valence-electron chi connectivity index (χ3n) is 4.12. The molecule has 7 heteroatoms. The predicted molar refractivity (Wildman–Crippen MR) is 86.1 cm³/mol. The highest BCUT2D eigenvalue weighted by Gasteiger charge is 2.24. The fourth-order valence-electron chi connectivity index (χ4n) is 3.01. The molecule has 0 aromatic carbocycles. The number of aromatic amines is 1. The number of hydrogen-bond acceptors (Lipinski definition) is 6. The van der Waals surface area contributed by atoms with Gasteiger partial charge in [-0.2, -0.15) is 0 Å². The largest absolute Gasteiger partial charge is 0.313 e.